The molecule has 0 aromatic heterocycles. The first-order valence-corrected chi connectivity index (χ1v) is 6.27. The summed E-state index contributed by atoms with van der Waals surface area (Å²) in [5.74, 6) is 0. The number of hydrogen-bond acceptors (Lipinski definition) is 4. The minimum absolute atomic E-state index is 0.310. The zero-order chi connectivity index (χ0) is 6.62. The number of thiol groups is 1. The Morgan fingerprint density at radius 2 is 2.38 bits per heavy atom. The maximum Gasteiger partial charge on any atom is 0.266 e. The molecular formula is C3H9O2PS2. The molecule has 0 amide bonds. The van der Waals surface area contributed by atoms with Crippen molar-refractivity contribution in [3.63, 3.8) is 0 Å². The van der Waals surface area contributed by atoms with Gasteiger partial charge in [0.25, 0.3) is 6.57 Å². The van der Waals surface area contributed by atoms with E-state index in [1.165, 1.54) is 18.5 Å². The molecule has 0 fully saturated rings. The Morgan fingerprint density at radius 1 is 1.88 bits per heavy atom. The fraction of sp³-hybridized carbons (Fsp3) is 1.00. The topological polar surface area (TPSA) is 26.3 Å². The second kappa shape index (κ2) is 3.83. The normalized spacial score (nSPS) is 17.9. The van der Waals surface area contributed by atoms with E-state index in [-0.39, 0.29) is 0 Å². The fourth-order valence-corrected chi connectivity index (χ4v) is 2.75. The van der Waals surface area contributed by atoms with E-state index in [2.05, 4.69) is 17.2 Å². The lowest BCUT2D eigenvalue weighted by molar-refractivity contribution is 0.413. The van der Waals surface area contributed by atoms with Crippen molar-refractivity contribution in [2.75, 3.05) is 18.9 Å². The van der Waals surface area contributed by atoms with Crippen LogP contribution < -0.4 is 0 Å². The summed E-state index contributed by atoms with van der Waals surface area (Å²) in [4.78, 5) is 0. The van der Waals surface area contributed by atoms with E-state index in [0.717, 1.165) is 0 Å². The smallest absolute Gasteiger partial charge is 0.266 e. The lowest BCUT2D eigenvalue weighted by atomic mass is 11.8. The van der Waals surface area contributed by atoms with Gasteiger partial charge in [-0.2, -0.15) is 12.6 Å². The van der Waals surface area contributed by atoms with Crippen molar-refractivity contribution < 1.29 is 9.09 Å². The van der Waals surface area contributed by atoms with Crippen LogP contribution in [-0.4, -0.2) is 18.9 Å². The lowest BCUT2D eigenvalue weighted by Crippen LogP contribution is -1.78. The minimum Gasteiger partial charge on any atom is -0.324 e. The molecule has 0 heterocycles. The van der Waals surface area contributed by atoms with Crippen LogP contribution in [0.25, 0.3) is 0 Å². The van der Waals surface area contributed by atoms with Gasteiger partial charge in [0, 0.05) is 7.11 Å². The molecule has 0 rings (SSSR count). The van der Waals surface area contributed by atoms with E-state index in [4.69, 9.17) is 0 Å². The van der Waals surface area contributed by atoms with Gasteiger partial charge >= 0.3 is 0 Å². The largest absolute Gasteiger partial charge is 0.324 e. The zero-order valence-corrected chi connectivity index (χ0v) is 7.43. The van der Waals surface area contributed by atoms with Crippen LogP contribution in [-0.2, 0) is 9.09 Å². The van der Waals surface area contributed by atoms with Crippen molar-refractivity contribution in [1.29, 1.82) is 0 Å². The first kappa shape index (κ1) is 8.89. The molecule has 50 valence electrons. The van der Waals surface area contributed by atoms with Crippen molar-refractivity contribution >= 4 is 30.6 Å². The SMILES string of the molecule is COP(=O)(CS)SC. The van der Waals surface area contributed by atoms with Crippen LogP contribution in [0.15, 0.2) is 0 Å². The van der Waals surface area contributed by atoms with Crippen LogP contribution in [0.5, 0.6) is 0 Å². The Bertz CT molecular complexity index is 86.4. The van der Waals surface area contributed by atoms with Crippen LogP contribution in [0.1, 0.15) is 0 Å². The van der Waals surface area contributed by atoms with Crippen molar-refractivity contribution in [2.45, 2.75) is 0 Å². The molecule has 0 aliphatic heterocycles. The molecule has 0 aliphatic rings. The molecule has 5 heteroatoms. The first-order chi connectivity index (χ1) is 3.68. The molecule has 8 heavy (non-hydrogen) atoms. The summed E-state index contributed by atoms with van der Waals surface area (Å²) in [7, 11) is 1.44. The highest BCUT2D eigenvalue weighted by molar-refractivity contribution is 8.57. The summed E-state index contributed by atoms with van der Waals surface area (Å²) in [6.07, 6.45) is 1.75. The van der Waals surface area contributed by atoms with Gasteiger partial charge in [0.2, 0.25) is 0 Å². The highest BCUT2D eigenvalue weighted by Crippen LogP contribution is 2.57. The van der Waals surface area contributed by atoms with Crippen molar-refractivity contribution in [3.8, 4) is 0 Å². The molecule has 0 saturated heterocycles. The Balaban J connectivity index is 3.79. The average Bonchev–Trinajstić information content (AvgIpc) is 1.87. The molecule has 2 nitrogen and oxygen atoms in total. The molecule has 0 aromatic carbocycles. The third kappa shape index (κ3) is 2.44. The van der Waals surface area contributed by atoms with Crippen LogP contribution in [0, 0.1) is 0 Å². The van der Waals surface area contributed by atoms with Gasteiger partial charge in [0.1, 0.15) is 0 Å². The summed E-state index contributed by atoms with van der Waals surface area (Å²) < 4.78 is 15.7. The standard InChI is InChI=1S/C3H9O2PS2/c1-5-6(4,3-7)8-2/h7H,3H2,1-2H3. The predicted molar refractivity (Wildman–Crippen MR) is 42.0 cm³/mol. The zero-order valence-electron chi connectivity index (χ0n) is 4.83. The Labute approximate surface area is 59.0 Å². The van der Waals surface area contributed by atoms with E-state index in [0.29, 0.717) is 5.49 Å². The van der Waals surface area contributed by atoms with Crippen molar-refractivity contribution in [1.82, 2.24) is 0 Å². The summed E-state index contributed by atoms with van der Waals surface area (Å²) in [6, 6.07) is 0. The maximum absolute atomic E-state index is 11.0. The molecule has 0 bridgehead atoms. The monoisotopic (exact) mass is 172 g/mol. The average molecular weight is 172 g/mol. The summed E-state index contributed by atoms with van der Waals surface area (Å²) in [5.41, 5.74) is 0.310. The number of hydrogen-bond donors (Lipinski definition) is 1. The number of rotatable bonds is 3. The van der Waals surface area contributed by atoms with Gasteiger partial charge < -0.3 is 4.52 Å². The molecule has 0 aliphatic carbocycles. The van der Waals surface area contributed by atoms with Gasteiger partial charge in [-0.15, -0.1) is 0 Å². The molecular weight excluding hydrogens is 163 g/mol. The molecule has 0 radical (unpaired) electrons. The third-order valence-corrected chi connectivity index (χ3v) is 6.38. The fourth-order valence-electron chi connectivity index (χ4n) is 0.190. The second-order valence-corrected chi connectivity index (χ2v) is 6.97. The summed E-state index contributed by atoms with van der Waals surface area (Å²) in [6.45, 7) is -2.38. The molecule has 0 saturated carbocycles. The lowest BCUT2D eigenvalue weighted by Gasteiger charge is -2.07. The van der Waals surface area contributed by atoms with E-state index in [1.807, 2.05) is 0 Å². The van der Waals surface area contributed by atoms with Crippen LogP contribution in [0.3, 0.4) is 0 Å². The van der Waals surface area contributed by atoms with Gasteiger partial charge in [-0.25, -0.2) is 0 Å². The molecule has 1 atom stereocenters. The second-order valence-electron chi connectivity index (χ2n) is 1.12. The van der Waals surface area contributed by atoms with Gasteiger partial charge in [0.05, 0.1) is 5.49 Å². The first-order valence-electron chi connectivity index (χ1n) is 2.00. The van der Waals surface area contributed by atoms with E-state index < -0.39 is 6.57 Å². The summed E-state index contributed by atoms with van der Waals surface area (Å²) in [5, 5.41) is 0. The van der Waals surface area contributed by atoms with Crippen LogP contribution in [0.4, 0.5) is 0 Å². The predicted octanol–water partition coefficient (Wildman–Crippen LogP) is 2.08. The Kier molecular flexibility index (Phi) is 4.26. The molecule has 0 N–H and O–H groups in total. The molecule has 0 aromatic rings. The molecule has 1 unspecified atom stereocenters. The van der Waals surface area contributed by atoms with Gasteiger partial charge in [0.15, 0.2) is 0 Å². The third-order valence-electron chi connectivity index (χ3n) is 0.730. The highest BCUT2D eigenvalue weighted by Gasteiger charge is 2.15. The highest BCUT2D eigenvalue weighted by atomic mass is 32.7. The Hall–Kier alpha value is 0.890. The Morgan fingerprint density at radius 3 is 2.38 bits per heavy atom. The minimum atomic E-state index is -2.38. The van der Waals surface area contributed by atoms with Gasteiger partial charge in [-0.05, 0) is 6.26 Å². The molecule has 0 spiro atoms. The summed E-state index contributed by atoms with van der Waals surface area (Å²) >= 11 is 5.08. The maximum atomic E-state index is 11.0. The van der Waals surface area contributed by atoms with Crippen LogP contribution in [0.2, 0.25) is 0 Å². The van der Waals surface area contributed by atoms with E-state index in [9.17, 15) is 4.57 Å². The van der Waals surface area contributed by atoms with Crippen molar-refractivity contribution in [3.05, 3.63) is 0 Å². The van der Waals surface area contributed by atoms with Gasteiger partial charge in [-0.3, -0.25) is 4.57 Å². The van der Waals surface area contributed by atoms with Crippen molar-refractivity contribution in [2.24, 2.45) is 0 Å². The quantitative estimate of drug-likeness (QED) is 0.521. The van der Waals surface area contributed by atoms with E-state index in [1.54, 1.807) is 6.26 Å². The van der Waals surface area contributed by atoms with Gasteiger partial charge in [-0.1, -0.05) is 11.4 Å². The van der Waals surface area contributed by atoms with E-state index >= 15 is 0 Å². The van der Waals surface area contributed by atoms with Crippen LogP contribution >= 0.6 is 30.6 Å².